The molecule has 1 fully saturated rings. The van der Waals surface area contributed by atoms with Crippen molar-refractivity contribution in [2.75, 3.05) is 32.9 Å². The lowest BCUT2D eigenvalue weighted by Gasteiger charge is -2.17. The fourth-order valence-electron chi connectivity index (χ4n) is 2.94. The Bertz CT molecular complexity index is 730. The molecule has 0 spiro atoms. The molecule has 5 heteroatoms. The molecule has 0 saturated carbocycles. The van der Waals surface area contributed by atoms with Gasteiger partial charge in [0.05, 0.1) is 25.2 Å². The van der Waals surface area contributed by atoms with Gasteiger partial charge in [-0.15, -0.1) is 0 Å². The number of nitrogens with one attached hydrogen (secondary N) is 1. The zero-order chi connectivity index (χ0) is 16.2. The largest absolute Gasteiger partial charge is 0.492 e. The van der Waals surface area contributed by atoms with Crippen molar-refractivity contribution in [2.24, 2.45) is 5.92 Å². The molecule has 1 aromatic heterocycles. The van der Waals surface area contributed by atoms with Crippen molar-refractivity contribution in [3.63, 3.8) is 0 Å². The van der Waals surface area contributed by atoms with Gasteiger partial charge in [0.2, 0.25) is 0 Å². The summed E-state index contributed by atoms with van der Waals surface area (Å²) in [5.74, 6) is 1.10. The van der Waals surface area contributed by atoms with Gasteiger partial charge in [0.25, 0.3) is 0 Å². The summed E-state index contributed by atoms with van der Waals surface area (Å²) in [7, 11) is 0. The van der Waals surface area contributed by atoms with Crippen LogP contribution in [0.2, 0.25) is 0 Å². The number of fused-ring (bicyclic) bond motifs is 1. The monoisotopic (exact) mass is 317 g/mol. The highest BCUT2D eigenvalue weighted by Gasteiger charge is 2.16. The Kier molecular flexibility index (Phi) is 4.98. The predicted octanol–water partition coefficient (Wildman–Crippen LogP) is 2.28. The van der Waals surface area contributed by atoms with E-state index < -0.39 is 0 Å². The van der Waals surface area contributed by atoms with Crippen molar-refractivity contribution >= 4 is 11.0 Å². The van der Waals surface area contributed by atoms with Gasteiger partial charge in [-0.1, -0.05) is 6.92 Å². The molecule has 3 rings (SSSR count). The molecule has 23 heavy (non-hydrogen) atoms. The SMILES string of the molecule is CCc1cc(=O)oc2cc(C)cc(OCC3CNCCOC3)c12. The summed E-state index contributed by atoms with van der Waals surface area (Å²) in [6.07, 6.45) is 0.760. The minimum Gasteiger partial charge on any atom is -0.492 e. The fraction of sp³-hybridized carbons (Fsp3) is 0.500. The van der Waals surface area contributed by atoms with Crippen LogP contribution in [0.1, 0.15) is 18.1 Å². The van der Waals surface area contributed by atoms with Gasteiger partial charge in [0.1, 0.15) is 11.3 Å². The molecular weight excluding hydrogens is 294 g/mol. The fourth-order valence-corrected chi connectivity index (χ4v) is 2.94. The minimum atomic E-state index is -0.313. The first-order chi connectivity index (χ1) is 11.2. The number of hydrogen-bond acceptors (Lipinski definition) is 5. The van der Waals surface area contributed by atoms with E-state index in [2.05, 4.69) is 5.32 Å². The third-order valence-corrected chi connectivity index (χ3v) is 4.10. The van der Waals surface area contributed by atoms with Gasteiger partial charge in [-0.3, -0.25) is 0 Å². The van der Waals surface area contributed by atoms with Crippen molar-refractivity contribution in [1.29, 1.82) is 0 Å². The molecular formula is C18H23NO4. The van der Waals surface area contributed by atoms with E-state index >= 15 is 0 Å². The Hall–Kier alpha value is -1.85. The molecule has 2 heterocycles. The summed E-state index contributed by atoms with van der Waals surface area (Å²) in [6, 6.07) is 5.45. The zero-order valence-electron chi connectivity index (χ0n) is 13.7. The average Bonchev–Trinajstić information content (AvgIpc) is 2.79. The first-order valence-electron chi connectivity index (χ1n) is 8.16. The van der Waals surface area contributed by atoms with E-state index in [-0.39, 0.29) is 5.63 Å². The minimum absolute atomic E-state index is 0.313. The van der Waals surface area contributed by atoms with Crippen molar-refractivity contribution in [2.45, 2.75) is 20.3 Å². The Labute approximate surface area is 135 Å². The van der Waals surface area contributed by atoms with Crippen LogP contribution in [0.5, 0.6) is 5.75 Å². The highest BCUT2D eigenvalue weighted by Crippen LogP contribution is 2.30. The van der Waals surface area contributed by atoms with Gasteiger partial charge in [-0.2, -0.15) is 0 Å². The molecule has 0 radical (unpaired) electrons. The normalized spacial score (nSPS) is 18.8. The molecule has 1 N–H and O–H groups in total. The molecule has 1 aromatic carbocycles. The first kappa shape index (κ1) is 16.0. The lowest BCUT2D eigenvalue weighted by molar-refractivity contribution is 0.102. The van der Waals surface area contributed by atoms with Crippen LogP contribution in [0.3, 0.4) is 0 Å². The van der Waals surface area contributed by atoms with Crippen LogP contribution in [0.4, 0.5) is 0 Å². The summed E-state index contributed by atoms with van der Waals surface area (Å²) < 4.78 is 17.0. The first-order valence-corrected chi connectivity index (χ1v) is 8.16. The van der Waals surface area contributed by atoms with E-state index in [0.29, 0.717) is 24.7 Å². The second kappa shape index (κ2) is 7.15. The summed E-state index contributed by atoms with van der Waals surface area (Å²) in [6.45, 7) is 7.80. The smallest absolute Gasteiger partial charge is 0.336 e. The zero-order valence-corrected chi connectivity index (χ0v) is 13.7. The maximum atomic E-state index is 11.7. The third kappa shape index (κ3) is 3.74. The quantitative estimate of drug-likeness (QED) is 0.877. The van der Waals surface area contributed by atoms with E-state index in [0.717, 1.165) is 48.4 Å². The average molecular weight is 317 g/mol. The lowest BCUT2D eigenvalue weighted by Crippen LogP contribution is -2.27. The van der Waals surface area contributed by atoms with Crippen LogP contribution in [0.15, 0.2) is 27.4 Å². The van der Waals surface area contributed by atoms with Crippen LogP contribution in [-0.4, -0.2) is 32.9 Å². The Morgan fingerprint density at radius 3 is 3.04 bits per heavy atom. The van der Waals surface area contributed by atoms with Gasteiger partial charge in [0.15, 0.2) is 0 Å². The maximum absolute atomic E-state index is 11.7. The van der Waals surface area contributed by atoms with Gasteiger partial charge < -0.3 is 19.2 Å². The Morgan fingerprint density at radius 1 is 1.35 bits per heavy atom. The second-order valence-electron chi connectivity index (χ2n) is 6.04. The predicted molar refractivity (Wildman–Crippen MR) is 89.3 cm³/mol. The van der Waals surface area contributed by atoms with Gasteiger partial charge in [0, 0.05) is 25.1 Å². The van der Waals surface area contributed by atoms with Crippen LogP contribution in [-0.2, 0) is 11.2 Å². The molecule has 124 valence electrons. The number of hydrogen-bond donors (Lipinski definition) is 1. The highest BCUT2D eigenvalue weighted by atomic mass is 16.5. The molecule has 1 saturated heterocycles. The third-order valence-electron chi connectivity index (χ3n) is 4.10. The number of rotatable bonds is 4. The van der Waals surface area contributed by atoms with E-state index in [1.807, 2.05) is 26.0 Å². The summed E-state index contributed by atoms with van der Waals surface area (Å²) >= 11 is 0. The maximum Gasteiger partial charge on any atom is 0.336 e. The van der Waals surface area contributed by atoms with Crippen molar-refractivity contribution in [1.82, 2.24) is 5.32 Å². The Balaban J connectivity index is 1.91. The van der Waals surface area contributed by atoms with Crippen LogP contribution >= 0.6 is 0 Å². The van der Waals surface area contributed by atoms with Crippen molar-refractivity contribution in [3.05, 3.63) is 39.7 Å². The highest BCUT2D eigenvalue weighted by molar-refractivity contribution is 5.87. The van der Waals surface area contributed by atoms with E-state index in [9.17, 15) is 4.79 Å². The van der Waals surface area contributed by atoms with Crippen molar-refractivity contribution < 1.29 is 13.9 Å². The second-order valence-corrected chi connectivity index (χ2v) is 6.04. The number of ether oxygens (including phenoxy) is 2. The molecule has 1 atom stereocenters. The standard InChI is InChI=1S/C18H23NO4/c1-3-14-8-17(20)23-16-7-12(2)6-15(18(14)16)22-11-13-9-19-4-5-21-10-13/h6-8,13,19H,3-5,9-11H2,1-2H3. The summed E-state index contributed by atoms with van der Waals surface area (Å²) in [4.78, 5) is 11.7. The molecule has 0 amide bonds. The molecule has 1 unspecified atom stereocenters. The number of benzene rings is 1. The Morgan fingerprint density at radius 2 is 2.22 bits per heavy atom. The topological polar surface area (TPSA) is 60.7 Å². The summed E-state index contributed by atoms with van der Waals surface area (Å²) in [5.41, 5.74) is 2.26. The van der Waals surface area contributed by atoms with E-state index in [4.69, 9.17) is 13.9 Å². The van der Waals surface area contributed by atoms with Gasteiger partial charge in [-0.25, -0.2) is 4.79 Å². The van der Waals surface area contributed by atoms with E-state index in [1.54, 1.807) is 6.07 Å². The van der Waals surface area contributed by atoms with Crippen LogP contribution in [0.25, 0.3) is 11.0 Å². The molecule has 1 aliphatic rings. The van der Waals surface area contributed by atoms with E-state index in [1.165, 1.54) is 0 Å². The van der Waals surface area contributed by atoms with Crippen molar-refractivity contribution in [3.8, 4) is 5.75 Å². The lowest BCUT2D eigenvalue weighted by atomic mass is 10.0. The molecule has 2 aromatic rings. The number of aryl methyl sites for hydroxylation is 2. The molecule has 5 nitrogen and oxygen atoms in total. The molecule has 1 aliphatic heterocycles. The molecule has 0 aliphatic carbocycles. The molecule has 0 bridgehead atoms. The van der Waals surface area contributed by atoms with Gasteiger partial charge in [-0.05, 0) is 36.6 Å². The van der Waals surface area contributed by atoms with Gasteiger partial charge >= 0.3 is 5.63 Å². The van der Waals surface area contributed by atoms with Crippen LogP contribution < -0.4 is 15.7 Å². The summed E-state index contributed by atoms with van der Waals surface area (Å²) in [5, 5.41) is 4.25. The van der Waals surface area contributed by atoms with Crippen LogP contribution in [0, 0.1) is 12.8 Å².